The third kappa shape index (κ3) is 2.85. The largest absolute Gasteiger partial charge is 0.494 e. The fraction of sp³-hybridized carbons (Fsp3) is 0.133. The minimum absolute atomic E-state index is 0.166. The second kappa shape index (κ2) is 5.44. The number of carbonyl (C=O) groups is 1. The summed E-state index contributed by atoms with van der Waals surface area (Å²) in [6.07, 6.45) is 0. The quantitative estimate of drug-likeness (QED) is 0.830. The summed E-state index contributed by atoms with van der Waals surface area (Å²) >= 11 is 0. The number of nitrogen functional groups attached to an aromatic ring is 1. The predicted octanol–water partition coefficient (Wildman–Crippen LogP) is 2.84. The van der Waals surface area contributed by atoms with Gasteiger partial charge in [0.15, 0.2) is 0 Å². The Kier molecular flexibility index (Phi) is 3.71. The van der Waals surface area contributed by atoms with Crippen LogP contribution in [-0.4, -0.2) is 13.0 Å². The fourth-order valence-corrected chi connectivity index (χ4v) is 1.83. The summed E-state index contributed by atoms with van der Waals surface area (Å²) in [5.74, 6) is 0.378. The molecule has 0 aliphatic rings. The number of amides is 1. The van der Waals surface area contributed by atoms with Crippen molar-refractivity contribution >= 4 is 17.3 Å². The smallest absolute Gasteiger partial charge is 0.256 e. The number of carbonyl (C=O) groups excluding carboxylic acids is 1. The standard InChI is InChI=1S/C15H16N2O2/c1-10-5-3-4-6-12(10)15(18)17-13-8-7-11(16)9-14(13)19-2/h3-9H,16H2,1-2H3,(H,17,18). The van der Waals surface area contributed by atoms with E-state index in [-0.39, 0.29) is 5.91 Å². The van der Waals surface area contributed by atoms with Crippen molar-refractivity contribution in [3.05, 3.63) is 53.6 Å². The Hall–Kier alpha value is -2.49. The number of hydrogen-bond donors (Lipinski definition) is 2. The van der Waals surface area contributed by atoms with Crippen molar-refractivity contribution in [3.63, 3.8) is 0 Å². The molecule has 19 heavy (non-hydrogen) atoms. The highest BCUT2D eigenvalue weighted by Crippen LogP contribution is 2.27. The van der Waals surface area contributed by atoms with E-state index < -0.39 is 0 Å². The molecule has 0 saturated carbocycles. The number of ether oxygens (including phenoxy) is 1. The van der Waals surface area contributed by atoms with Gasteiger partial charge in [-0.05, 0) is 30.7 Å². The summed E-state index contributed by atoms with van der Waals surface area (Å²) in [5.41, 5.74) is 8.43. The Balaban J connectivity index is 2.27. The SMILES string of the molecule is COc1cc(N)ccc1NC(=O)c1ccccc1C. The lowest BCUT2D eigenvalue weighted by Crippen LogP contribution is -2.14. The third-order valence-corrected chi connectivity index (χ3v) is 2.86. The second-order valence-electron chi connectivity index (χ2n) is 4.23. The summed E-state index contributed by atoms with van der Waals surface area (Å²) in [4.78, 5) is 12.2. The van der Waals surface area contributed by atoms with E-state index in [2.05, 4.69) is 5.32 Å². The number of nitrogens with two attached hydrogens (primary N) is 1. The molecule has 0 atom stereocenters. The van der Waals surface area contributed by atoms with E-state index in [1.807, 2.05) is 25.1 Å². The molecule has 4 nitrogen and oxygen atoms in total. The Morgan fingerprint density at radius 3 is 2.63 bits per heavy atom. The molecule has 0 fully saturated rings. The zero-order valence-electron chi connectivity index (χ0n) is 10.9. The molecule has 0 saturated heterocycles. The van der Waals surface area contributed by atoms with Crippen LogP contribution in [0.3, 0.4) is 0 Å². The van der Waals surface area contributed by atoms with Crippen molar-refractivity contribution < 1.29 is 9.53 Å². The van der Waals surface area contributed by atoms with Crippen LogP contribution in [0.2, 0.25) is 0 Å². The number of hydrogen-bond acceptors (Lipinski definition) is 3. The van der Waals surface area contributed by atoms with Crippen LogP contribution in [0.15, 0.2) is 42.5 Å². The van der Waals surface area contributed by atoms with E-state index in [1.165, 1.54) is 7.11 Å². The van der Waals surface area contributed by atoms with Crippen LogP contribution >= 0.6 is 0 Å². The summed E-state index contributed by atoms with van der Waals surface area (Å²) < 4.78 is 5.20. The normalized spacial score (nSPS) is 10.0. The first-order valence-corrected chi connectivity index (χ1v) is 5.92. The highest BCUT2D eigenvalue weighted by Gasteiger charge is 2.11. The van der Waals surface area contributed by atoms with E-state index in [1.54, 1.807) is 24.3 Å². The molecule has 0 unspecified atom stereocenters. The molecule has 0 aliphatic heterocycles. The summed E-state index contributed by atoms with van der Waals surface area (Å²) in [5, 5.41) is 2.83. The Morgan fingerprint density at radius 1 is 1.21 bits per heavy atom. The molecule has 2 aromatic rings. The lowest BCUT2D eigenvalue weighted by atomic mass is 10.1. The number of rotatable bonds is 3. The van der Waals surface area contributed by atoms with E-state index in [9.17, 15) is 4.79 Å². The van der Waals surface area contributed by atoms with Crippen LogP contribution in [0.5, 0.6) is 5.75 Å². The lowest BCUT2D eigenvalue weighted by Gasteiger charge is -2.11. The number of benzene rings is 2. The minimum atomic E-state index is -0.166. The summed E-state index contributed by atoms with van der Waals surface area (Å²) in [7, 11) is 1.54. The maximum atomic E-state index is 12.2. The first kappa shape index (κ1) is 13.0. The first-order valence-electron chi connectivity index (χ1n) is 5.92. The molecule has 2 rings (SSSR count). The van der Waals surface area contributed by atoms with Crippen molar-refractivity contribution in [1.29, 1.82) is 0 Å². The zero-order valence-corrected chi connectivity index (χ0v) is 10.9. The molecule has 0 radical (unpaired) electrons. The maximum Gasteiger partial charge on any atom is 0.256 e. The van der Waals surface area contributed by atoms with Crippen LogP contribution in [0.1, 0.15) is 15.9 Å². The van der Waals surface area contributed by atoms with Gasteiger partial charge in [0.25, 0.3) is 5.91 Å². The Labute approximate surface area is 112 Å². The number of aryl methyl sites for hydroxylation is 1. The van der Waals surface area contributed by atoms with Crippen LogP contribution < -0.4 is 15.8 Å². The fourth-order valence-electron chi connectivity index (χ4n) is 1.83. The van der Waals surface area contributed by atoms with Crippen molar-refractivity contribution in [2.45, 2.75) is 6.92 Å². The molecular formula is C15H16N2O2. The molecule has 2 aromatic carbocycles. The van der Waals surface area contributed by atoms with Gasteiger partial charge in [0.05, 0.1) is 12.8 Å². The highest BCUT2D eigenvalue weighted by atomic mass is 16.5. The van der Waals surface area contributed by atoms with Crippen molar-refractivity contribution in [2.24, 2.45) is 0 Å². The molecule has 0 aliphatic carbocycles. The summed E-state index contributed by atoms with van der Waals surface area (Å²) in [6.45, 7) is 1.90. The van der Waals surface area contributed by atoms with Crippen LogP contribution in [-0.2, 0) is 0 Å². The molecule has 0 heterocycles. The van der Waals surface area contributed by atoms with E-state index >= 15 is 0 Å². The van der Waals surface area contributed by atoms with Gasteiger partial charge in [0.2, 0.25) is 0 Å². The third-order valence-electron chi connectivity index (χ3n) is 2.86. The van der Waals surface area contributed by atoms with Crippen LogP contribution in [0.4, 0.5) is 11.4 Å². The first-order chi connectivity index (χ1) is 9.11. The average molecular weight is 256 g/mol. The van der Waals surface area contributed by atoms with Gasteiger partial charge in [-0.2, -0.15) is 0 Å². The number of methoxy groups -OCH3 is 1. The molecule has 0 spiro atoms. The summed E-state index contributed by atoms with van der Waals surface area (Å²) in [6, 6.07) is 12.5. The number of nitrogens with one attached hydrogen (secondary N) is 1. The van der Waals surface area contributed by atoms with Gasteiger partial charge in [0.1, 0.15) is 5.75 Å². The van der Waals surface area contributed by atoms with Gasteiger partial charge in [-0.15, -0.1) is 0 Å². The highest BCUT2D eigenvalue weighted by molar-refractivity contribution is 6.06. The molecule has 3 N–H and O–H groups in total. The van der Waals surface area contributed by atoms with Gasteiger partial charge >= 0.3 is 0 Å². The van der Waals surface area contributed by atoms with Gasteiger partial charge in [-0.3, -0.25) is 4.79 Å². The second-order valence-corrected chi connectivity index (χ2v) is 4.23. The monoisotopic (exact) mass is 256 g/mol. The van der Waals surface area contributed by atoms with Crippen LogP contribution in [0.25, 0.3) is 0 Å². The molecule has 1 amide bonds. The Morgan fingerprint density at radius 2 is 1.95 bits per heavy atom. The zero-order chi connectivity index (χ0) is 13.8. The Bertz CT molecular complexity index is 609. The molecule has 0 aromatic heterocycles. The van der Waals surface area contributed by atoms with E-state index in [0.29, 0.717) is 22.7 Å². The topological polar surface area (TPSA) is 64.3 Å². The molecule has 98 valence electrons. The molecule has 0 bridgehead atoms. The van der Waals surface area contributed by atoms with Crippen molar-refractivity contribution in [2.75, 3.05) is 18.2 Å². The van der Waals surface area contributed by atoms with E-state index in [0.717, 1.165) is 5.56 Å². The van der Waals surface area contributed by atoms with Gasteiger partial charge in [0, 0.05) is 17.3 Å². The maximum absolute atomic E-state index is 12.2. The van der Waals surface area contributed by atoms with Crippen LogP contribution in [0, 0.1) is 6.92 Å². The number of anilines is 2. The van der Waals surface area contributed by atoms with E-state index in [4.69, 9.17) is 10.5 Å². The van der Waals surface area contributed by atoms with Crippen molar-refractivity contribution in [1.82, 2.24) is 0 Å². The van der Waals surface area contributed by atoms with Gasteiger partial charge in [-0.1, -0.05) is 18.2 Å². The van der Waals surface area contributed by atoms with Crippen molar-refractivity contribution in [3.8, 4) is 5.75 Å². The molecular weight excluding hydrogens is 240 g/mol. The average Bonchev–Trinajstić information content (AvgIpc) is 2.41. The minimum Gasteiger partial charge on any atom is -0.494 e. The van der Waals surface area contributed by atoms with Gasteiger partial charge in [-0.25, -0.2) is 0 Å². The predicted molar refractivity (Wildman–Crippen MR) is 76.5 cm³/mol. The molecule has 4 heteroatoms. The van der Waals surface area contributed by atoms with Gasteiger partial charge < -0.3 is 15.8 Å². The lowest BCUT2D eigenvalue weighted by molar-refractivity contribution is 0.102.